The van der Waals surface area contributed by atoms with Gasteiger partial charge in [0.1, 0.15) is 6.04 Å². The molecule has 0 aromatic heterocycles. The maximum Gasteiger partial charge on any atom is 0.320 e. The molecular weight excluding hydrogens is 244 g/mol. The van der Waals surface area contributed by atoms with Crippen LogP contribution in [0.15, 0.2) is 30.3 Å². The van der Waals surface area contributed by atoms with E-state index in [-0.39, 0.29) is 12.2 Å². The molecule has 0 saturated heterocycles. The molecule has 0 heterocycles. The fourth-order valence-electron chi connectivity index (χ4n) is 1.44. The molecule has 0 radical (unpaired) electrons. The minimum absolute atomic E-state index is 0.193. The zero-order chi connectivity index (χ0) is 14.4. The Morgan fingerprint density at radius 3 is 2.37 bits per heavy atom. The molecule has 3 N–H and O–H groups in total. The maximum absolute atomic E-state index is 11.5. The third kappa shape index (κ3) is 4.93. The Morgan fingerprint density at radius 1 is 1.32 bits per heavy atom. The standard InChI is InChI=1S/C14H18N2O3/c1-16(2)11-6-3-10(4-7-11)5-8-12(17)9-13(15)14(18)19/h3-8,13H,9,15H2,1-2H3,(H,18,19)/t13-/m1/s1. The molecule has 5 heteroatoms. The van der Waals surface area contributed by atoms with Gasteiger partial charge in [0.15, 0.2) is 5.78 Å². The number of hydrogen-bond donors (Lipinski definition) is 2. The van der Waals surface area contributed by atoms with Gasteiger partial charge >= 0.3 is 5.97 Å². The number of carbonyl (C=O) groups excluding carboxylic acids is 1. The number of benzene rings is 1. The monoisotopic (exact) mass is 262 g/mol. The van der Waals surface area contributed by atoms with E-state index in [0.29, 0.717) is 0 Å². The van der Waals surface area contributed by atoms with Gasteiger partial charge in [-0.1, -0.05) is 18.2 Å². The molecule has 1 aromatic rings. The fourth-order valence-corrected chi connectivity index (χ4v) is 1.44. The predicted molar refractivity (Wildman–Crippen MR) is 75.0 cm³/mol. The van der Waals surface area contributed by atoms with Gasteiger partial charge in [0, 0.05) is 26.2 Å². The van der Waals surface area contributed by atoms with Gasteiger partial charge in [0.2, 0.25) is 0 Å². The zero-order valence-corrected chi connectivity index (χ0v) is 11.0. The highest BCUT2D eigenvalue weighted by Crippen LogP contribution is 2.13. The Morgan fingerprint density at radius 2 is 1.89 bits per heavy atom. The van der Waals surface area contributed by atoms with Crippen LogP contribution in [-0.2, 0) is 9.59 Å². The maximum atomic E-state index is 11.5. The summed E-state index contributed by atoms with van der Waals surface area (Å²) in [5, 5.41) is 8.59. The second-order valence-corrected chi connectivity index (χ2v) is 4.43. The molecule has 1 atom stereocenters. The molecule has 19 heavy (non-hydrogen) atoms. The van der Waals surface area contributed by atoms with Gasteiger partial charge in [-0.2, -0.15) is 0 Å². The Balaban J connectivity index is 2.61. The lowest BCUT2D eigenvalue weighted by Crippen LogP contribution is -2.32. The summed E-state index contributed by atoms with van der Waals surface area (Å²) in [6.45, 7) is 0. The van der Waals surface area contributed by atoms with Crippen LogP contribution >= 0.6 is 0 Å². The number of hydrogen-bond acceptors (Lipinski definition) is 4. The second kappa shape index (κ2) is 6.70. The van der Waals surface area contributed by atoms with E-state index >= 15 is 0 Å². The molecule has 1 rings (SSSR count). The van der Waals surface area contributed by atoms with Crippen LogP contribution in [0, 0.1) is 0 Å². The minimum atomic E-state index is -1.17. The lowest BCUT2D eigenvalue weighted by molar-refractivity contribution is -0.139. The first-order chi connectivity index (χ1) is 8.90. The van der Waals surface area contributed by atoms with Crippen LogP contribution in [0.1, 0.15) is 12.0 Å². The van der Waals surface area contributed by atoms with E-state index in [2.05, 4.69) is 0 Å². The van der Waals surface area contributed by atoms with E-state index in [1.54, 1.807) is 6.08 Å². The number of nitrogens with two attached hydrogens (primary N) is 1. The highest BCUT2D eigenvalue weighted by molar-refractivity contribution is 5.96. The van der Waals surface area contributed by atoms with Crippen molar-refractivity contribution in [1.82, 2.24) is 0 Å². The average Bonchev–Trinajstić information content (AvgIpc) is 2.36. The number of carbonyl (C=O) groups is 2. The first kappa shape index (κ1) is 14.9. The van der Waals surface area contributed by atoms with E-state index in [0.717, 1.165) is 11.3 Å². The van der Waals surface area contributed by atoms with Gasteiger partial charge in [-0.05, 0) is 23.8 Å². The van der Waals surface area contributed by atoms with Crippen molar-refractivity contribution in [2.45, 2.75) is 12.5 Å². The van der Waals surface area contributed by atoms with Crippen LogP contribution in [0.2, 0.25) is 0 Å². The molecule has 0 amide bonds. The van der Waals surface area contributed by atoms with Gasteiger partial charge < -0.3 is 15.7 Å². The molecule has 1 aromatic carbocycles. The topological polar surface area (TPSA) is 83.6 Å². The van der Waals surface area contributed by atoms with Crippen molar-refractivity contribution in [2.75, 3.05) is 19.0 Å². The quantitative estimate of drug-likeness (QED) is 0.751. The average molecular weight is 262 g/mol. The number of carboxylic acids is 1. The number of carboxylic acid groups (broad SMARTS) is 1. The van der Waals surface area contributed by atoms with Crippen molar-refractivity contribution in [3.05, 3.63) is 35.9 Å². The van der Waals surface area contributed by atoms with Crippen LogP contribution in [-0.4, -0.2) is 37.0 Å². The summed E-state index contributed by atoms with van der Waals surface area (Å²) in [5.74, 6) is -1.47. The highest BCUT2D eigenvalue weighted by atomic mass is 16.4. The Hall–Kier alpha value is -2.14. The molecule has 0 aliphatic carbocycles. The second-order valence-electron chi connectivity index (χ2n) is 4.43. The molecule has 0 fully saturated rings. The minimum Gasteiger partial charge on any atom is -0.480 e. The zero-order valence-electron chi connectivity index (χ0n) is 11.0. The van der Waals surface area contributed by atoms with Crippen molar-refractivity contribution in [3.8, 4) is 0 Å². The summed E-state index contributed by atoms with van der Waals surface area (Å²) in [7, 11) is 3.89. The molecule has 0 aliphatic rings. The van der Waals surface area contributed by atoms with Crippen molar-refractivity contribution in [1.29, 1.82) is 0 Å². The van der Waals surface area contributed by atoms with Crippen molar-refractivity contribution in [2.24, 2.45) is 5.73 Å². The first-order valence-electron chi connectivity index (χ1n) is 5.87. The number of aliphatic carboxylic acids is 1. The molecule has 102 valence electrons. The van der Waals surface area contributed by atoms with Gasteiger partial charge in [-0.3, -0.25) is 9.59 Å². The molecule has 0 spiro atoms. The normalized spacial score (nSPS) is 12.4. The Bertz CT molecular complexity index is 478. The van der Waals surface area contributed by atoms with Crippen LogP contribution in [0.25, 0.3) is 6.08 Å². The summed E-state index contributed by atoms with van der Waals surface area (Å²) >= 11 is 0. The largest absolute Gasteiger partial charge is 0.480 e. The van der Waals surface area contributed by atoms with E-state index in [1.165, 1.54) is 6.08 Å². The third-order valence-corrected chi connectivity index (χ3v) is 2.61. The SMILES string of the molecule is CN(C)c1ccc(C=CC(=O)C[C@@H](N)C(=O)O)cc1. The Kier molecular flexibility index (Phi) is 5.26. The molecule has 5 nitrogen and oxygen atoms in total. The van der Waals surface area contributed by atoms with E-state index in [4.69, 9.17) is 10.8 Å². The van der Waals surface area contributed by atoms with Gasteiger partial charge in [-0.25, -0.2) is 0 Å². The summed E-state index contributed by atoms with van der Waals surface area (Å²) in [6.07, 6.45) is 2.81. The van der Waals surface area contributed by atoms with Gasteiger partial charge in [-0.15, -0.1) is 0 Å². The molecule has 0 unspecified atom stereocenters. The molecule has 0 bridgehead atoms. The number of anilines is 1. The lowest BCUT2D eigenvalue weighted by atomic mass is 10.1. The number of nitrogens with zero attached hydrogens (tertiary/aromatic N) is 1. The predicted octanol–water partition coefficient (Wildman–Crippen LogP) is 1.14. The van der Waals surface area contributed by atoms with Gasteiger partial charge in [0.25, 0.3) is 0 Å². The lowest BCUT2D eigenvalue weighted by Gasteiger charge is -2.11. The van der Waals surface area contributed by atoms with Crippen LogP contribution in [0.4, 0.5) is 5.69 Å². The van der Waals surface area contributed by atoms with E-state index in [1.807, 2.05) is 43.3 Å². The molecule has 0 saturated carbocycles. The van der Waals surface area contributed by atoms with Crippen molar-refractivity contribution in [3.63, 3.8) is 0 Å². The third-order valence-electron chi connectivity index (χ3n) is 2.61. The number of rotatable bonds is 6. The highest BCUT2D eigenvalue weighted by Gasteiger charge is 2.14. The summed E-state index contributed by atoms with van der Waals surface area (Å²) < 4.78 is 0. The van der Waals surface area contributed by atoms with Crippen molar-refractivity contribution < 1.29 is 14.7 Å². The van der Waals surface area contributed by atoms with Crippen LogP contribution < -0.4 is 10.6 Å². The van der Waals surface area contributed by atoms with E-state index in [9.17, 15) is 9.59 Å². The fraction of sp³-hybridized carbons (Fsp3) is 0.286. The van der Waals surface area contributed by atoms with E-state index < -0.39 is 12.0 Å². The smallest absolute Gasteiger partial charge is 0.320 e. The first-order valence-corrected chi connectivity index (χ1v) is 5.87. The molecule has 0 aliphatic heterocycles. The number of ketones is 1. The summed E-state index contributed by atoms with van der Waals surface area (Å²) in [4.78, 5) is 23.9. The number of allylic oxidation sites excluding steroid dienone is 1. The van der Waals surface area contributed by atoms with Crippen LogP contribution in [0.5, 0.6) is 0 Å². The summed E-state index contributed by atoms with van der Waals surface area (Å²) in [5.41, 5.74) is 7.22. The Labute approximate surface area is 112 Å². The van der Waals surface area contributed by atoms with Crippen molar-refractivity contribution >= 4 is 23.5 Å². The summed E-state index contributed by atoms with van der Waals surface area (Å²) in [6, 6.07) is 6.50. The van der Waals surface area contributed by atoms with Gasteiger partial charge in [0.05, 0.1) is 0 Å². The van der Waals surface area contributed by atoms with Crippen LogP contribution in [0.3, 0.4) is 0 Å². The molecular formula is C14H18N2O3.